The van der Waals surface area contributed by atoms with Crippen molar-refractivity contribution in [1.82, 2.24) is 10.2 Å². The third kappa shape index (κ3) is 3.22. The van der Waals surface area contributed by atoms with Crippen molar-refractivity contribution >= 4 is 33.4 Å². The maximum Gasteiger partial charge on any atom is 0.335 e. The normalized spacial score (nSPS) is 11.1. The van der Waals surface area contributed by atoms with E-state index >= 15 is 0 Å². The number of anilines is 1. The number of rotatable bonds is 4. The summed E-state index contributed by atoms with van der Waals surface area (Å²) >= 11 is 5.54. The number of halogens is 1. The Kier molecular flexibility index (Phi) is 3.86. The fraction of sp³-hybridized carbons (Fsp3) is 0. The van der Waals surface area contributed by atoms with Crippen LogP contribution in [0.3, 0.4) is 0 Å². The van der Waals surface area contributed by atoms with Gasteiger partial charge in [0.1, 0.15) is 0 Å². The van der Waals surface area contributed by atoms with Crippen molar-refractivity contribution in [1.29, 1.82) is 0 Å². The minimum Gasteiger partial charge on any atom is -0.478 e. The summed E-state index contributed by atoms with van der Waals surface area (Å²) in [6.45, 7) is 0. The number of carbonyl (C=O) groups is 1. The third-order valence-electron chi connectivity index (χ3n) is 2.26. The molecular formula is C11H8ClN3O4S. The van der Waals surface area contributed by atoms with Gasteiger partial charge >= 0.3 is 5.97 Å². The lowest BCUT2D eigenvalue weighted by Gasteiger charge is -2.07. The van der Waals surface area contributed by atoms with Gasteiger partial charge < -0.3 is 5.11 Å². The van der Waals surface area contributed by atoms with Crippen LogP contribution in [0.1, 0.15) is 10.4 Å². The SMILES string of the molecule is O=C(O)c1cccc(S(=O)(=O)Nc2ccc(Cl)nn2)c1. The molecule has 1 aromatic heterocycles. The van der Waals surface area contributed by atoms with Gasteiger partial charge in [-0.05, 0) is 30.3 Å². The van der Waals surface area contributed by atoms with Crippen LogP contribution in [0.5, 0.6) is 0 Å². The minimum absolute atomic E-state index is 0.0184. The number of nitrogens with zero attached hydrogens (tertiary/aromatic N) is 2. The highest BCUT2D eigenvalue weighted by molar-refractivity contribution is 7.92. The first kappa shape index (κ1) is 14.2. The van der Waals surface area contributed by atoms with E-state index in [-0.39, 0.29) is 21.4 Å². The van der Waals surface area contributed by atoms with Crippen LogP contribution in [0, 0.1) is 0 Å². The van der Waals surface area contributed by atoms with E-state index in [1.54, 1.807) is 0 Å². The average Bonchev–Trinajstić information content (AvgIpc) is 2.41. The van der Waals surface area contributed by atoms with Crippen LogP contribution in [-0.4, -0.2) is 29.7 Å². The van der Waals surface area contributed by atoms with Gasteiger partial charge in [0.25, 0.3) is 10.0 Å². The smallest absolute Gasteiger partial charge is 0.335 e. The Labute approximate surface area is 119 Å². The lowest BCUT2D eigenvalue weighted by atomic mass is 10.2. The Hall–Kier alpha value is -2.19. The van der Waals surface area contributed by atoms with Crippen LogP contribution in [0.2, 0.25) is 5.15 Å². The number of sulfonamides is 1. The number of hydrogen-bond donors (Lipinski definition) is 2. The van der Waals surface area contributed by atoms with E-state index in [4.69, 9.17) is 16.7 Å². The van der Waals surface area contributed by atoms with Crippen molar-refractivity contribution < 1.29 is 18.3 Å². The molecule has 0 bridgehead atoms. The number of aromatic carboxylic acids is 1. The number of benzene rings is 1. The van der Waals surface area contributed by atoms with Gasteiger partial charge in [-0.2, -0.15) is 0 Å². The topological polar surface area (TPSA) is 109 Å². The summed E-state index contributed by atoms with van der Waals surface area (Å²) in [7, 11) is -3.94. The van der Waals surface area contributed by atoms with Crippen LogP contribution in [0.4, 0.5) is 5.82 Å². The Morgan fingerprint density at radius 2 is 1.95 bits per heavy atom. The van der Waals surface area contributed by atoms with Crippen molar-refractivity contribution in [2.24, 2.45) is 0 Å². The summed E-state index contributed by atoms with van der Waals surface area (Å²) < 4.78 is 26.3. The first-order chi connectivity index (χ1) is 9.38. The zero-order valence-corrected chi connectivity index (χ0v) is 11.4. The highest BCUT2D eigenvalue weighted by atomic mass is 35.5. The second-order valence-corrected chi connectivity index (χ2v) is 5.75. The van der Waals surface area contributed by atoms with Crippen LogP contribution in [0.15, 0.2) is 41.3 Å². The quantitative estimate of drug-likeness (QED) is 0.887. The number of carboxylic acid groups (broad SMARTS) is 1. The minimum atomic E-state index is -3.94. The maximum absolute atomic E-state index is 12.1. The number of nitrogens with one attached hydrogen (secondary N) is 1. The highest BCUT2D eigenvalue weighted by Crippen LogP contribution is 2.16. The molecule has 0 atom stereocenters. The predicted molar refractivity (Wildman–Crippen MR) is 71.3 cm³/mol. The highest BCUT2D eigenvalue weighted by Gasteiger charge is 2.17. The van der Waals surface area contributed by atoms with Gasteiger partial charge in [-0.3, -0.25) is 4.72 Å². The first-order valence-electron chi connectivity index (χ1n) is 5.24. The molecule has 0 aliphatic rings. The summed E-state index contributed by atoms with van der Waals surface area (Å²) in [5.41, 5.74) is -0.130. The molecule has 0 saturated heterocycles. The van der Waals surface area contributed by atoms with Crippen molar-refractivity contribution in [3.8, 4) is 0 Å². The summed E-state index contributed by atoms with van der Waals surface area (Å²) in [5, 5.41) is 16.0. The number of aromatic nitrogens is 2. The van der Waals surface area contributed by atoms with Gasteiger partial charge in [-0.25, -0.2) is 13.2 Å². The van der Waals surface area contributed by atoms with E-state index in [1.807, 2.05) is 0 Å². The van der Waals surface area contributed by atoms with Gasteiger partial charge in [0.2, 0.25) is 0 Å². The Morgan fingerprint density at radius 1 is 1.20 bits per heavy atom. The van der Waals surface area contributed by atoms with E-state index in [9.17, 15) is 13.2 Å². The van der Waals surface area contributed by atoms with Crippen molar-refractivity contribution in [2.45, 2.75) is 4.90 Å². The van der Waals surface area contributed by atoms with Gasteiger partial charge in [0.05, 0.1) is 10.5 Å². The van der Waals surface area contributed by atoms with Crippen LogP contribution in [0.25, 0.3) is 0 Å². The van der Waals surface area contributed by atoms with Crippen molar-refractivity contribution in [3.05, 3.63) is 47.1 Å². The number of hydrogen-bond acceptors (Lipinski definition) is 5. The summed E-state index contributed by atoms with van der Waals surface area (Å²) in [6, 6.07) is 7.68. The molecular weight excluding hydrogens is 306 g/mol. The van der Waals surface area contributed by atoms with Crippen LogP contribution >= 0.6 is 11.6 Å². The third-order valence-corrected chi connectivity index (χ3v) is 3.82. The van der Waals surface area contributed by atoms with Gasteiger partial charge in [0.15, 0.2) is 11.0 Å². The number of carboxylic acids is 1. The molecule has 0 fully saturated rings. The second-order valence-electron chi connectivity index (χ2n) is 3.68. The molecule has 0 aliphatic heterocycles. The molecule has 0 unspecified atom stereocenters. The molecule has 0 amide bonds. The summed E-state index contributed by atoms with van der Waals surface area (Å²) in [5.74, 6) is -1.23. The van der Waals surface area contributed by atoms with E-state index < -0.39 is 16.0 Å². The lowest BCUT2D eigenvalue weighted by Crippen LogP contribution is -2.15. The maximum atomic E-state index is 12.1. The molecule has 2 rings (SSSR count). The summed E-state index contributed by atoms with van der Waals surface area (Å²) in [6.07, 6.45) is 0. The van der Waals surface area contributed by atoms with E-state index in [0.29, 0.717) is 0 Å². The fourth-order valence-electron chi connectivity index (χ4n) is 1.36. The van der Waals surface area contributed by atoms with Crippen molar-refractivity contribution in [2.75, 3.05) is 4.72 Å². The Balaban J connectivity index is 2.33. The second kappa shape index (κ2) is 5.43. The molecule has 2 aromatic rings. The van der Waals surface area contributed by atoms with Crippen LogP contribution in [-0.2, 0) is 10.0 Å². The molecule has 7 nitrogen and oxygen atoms in total. The van der Waals surface area contributed by atoms with Gasteiger partial charge in [0, 0.05) is 0 Å². The molecule has 0 spiro atoms. The molecule has 0 aliphatic carbocycles. The zero-order chi connectivity index (χ0) is 14.8. The van der Waals surface area contributed by atoms with Gasteiger partial charge in [-0.15, -0.1) is 10.2 Å². The molecule has 0 radical (unpaired) electrons. The molecule has 2 N–H and O–H groups in total. The zero-order valence-electron chi connectivity index (χ0n) is 9.82. The summed E-state index contributed by atoms with van der Waals surface area (Å²) in [4.78, 5) is 10.6. The van der Waals surface area contributed by atoms with E-state index in [1.165, 1.54) is 30.3 Å². The standard InChI is InChI=1S/C11H8ClN3O4S/c12-9-4-5-10(14-13-9)15-20(18,19)8-3-1-2-7(6-8)11(16)17/h1-6H,(H,14,15)(H,16,17). The molecule has 20 heavy (non-hydrogen) atoms. The Bertz CT molecular complexity index is 747. The van der Waals surface area contributed by atoms with Gasteiger partial charge in [-0.1, -0.05) is 17.7 Å². The largest absolute Gasteiger partial charge is 0.478 e. The predicted octanol–water partition coefficient (Wildman–Crippen LogP) is 1.63. The lowest BCUT2D eigenvalue weighted by molar-refractivity contribution is 0.0696. The fourth-order valence-corrected chi connectivity index (χ4v) is 2.51. The first-order valence-corrected chi connectivity index (χ1v) is 7.10. The molecule has 1 aromatic carbocycles. The molecule has 0 saturated carbocycles. The Morgan fingerprint density at radius 3 is 2.55 bits per heavy atom. The monoisotopic (exact) mass is 313 g/mol. The molecule has 104 valence electrons. The van der Waals surface area contributed by atoms with E-state index in [0.717, 1.165) is 6.07 Å². The van der Waals surface area contributed by atoms with Crippen LogP contribution < -0.4 is 4.72 Å². The van der Waals surface area contributed by atoms with E-state index in [2.05, 4.69) is 14.9 Å². The molecule has 1 heterocycles. The van der Waals surface area contributed by atoms with Crippen molar-refractivity contribution in [3.63, 3.8) is 0 Å². The molecule has 9 heteroatoms. The average molecular weight is 314 g/mol.